The van der Waals surface area contributed by atoms with Gasteiger partial charge in [-0.15, -0.1) is 0 Å². The first-order valence-corrected chi connectivity index (χ1v) is 24.9. The highest BCUT2D eigenvalue weighted by Gasteiger charge is 2.21. The molecule has 0 aromatic heterocycles. The number of unbranched alkanes of at least 4 members (excludes halogenated alkanes) is 3. The van der Waals surface area contributed by atoms with Crippen LogP contribution in [-0.4, -0.2) is 52.6 Å². The number of nitrogens with zero attached hydrogens (tertiary/aromatic N) is 6. The van der Waals surface area contributed by atoms with Crippen LogP contribution in [0, 0.1) is 69.0 Å². The lowest BCUT2D eigenvalue weighted by Gasteiger charge is -2.33. The molecule has 0 saturated carbocycles. The van der Waals surface area contributed by atoms with Crippen molar-refractivity contribution < 1.29 is 14.2 Å². The molecule has 2 aromatic carbocycles. The van der Waals surface area contributed by atoms with Crippen molar-refractivity contribution in [2.45, 2.75) is 152 Å². The summed E-state index contributed by atoms with van der Waals surface area (Å²) in [5.41, 5.74) is 3.57. The highest BCUT2D eigenvalue weighted by atomic mass is 16.5. The third-order valence-electron chi connectivity index (χ3n) is 12.6. The Balaban J connectivity index is 2.34. The standard InChI is InChI=1S/C55H82N6O3/c1-9-17-21-45(14-6)41-60(40-44(13-5)20-12-4)52-26-24-50(32-48(36-56)37-57)54(34-52)63-30-28-62-29-31-64-55-35-53(27-25-51(55)33-49(38-58)39-59)61(42-46(15-7)22-18-10-2)43-47(16-8)23-19-11-3/h24-27,32-35,44-47H,9-23,28-31,40-43H2,1-8H3. The molecule has 0 radical (unpaired) electrons. The highest BCUT2D eigenvalue weighted by molar-refractivity contribution is 5.70. The van der Waals surface area contributed by atoms with E-state index in [1.54, 1.807) is 12.2 Å². The Labute approximate surface area is 389 Å². The summed E-state index contributed by atoms with van der Waals surface area (Å²) in [6.07, 6.45) is 20.8. The first kappa shape index (κ1) is 55.2. The van der Waals surface area contributed by atoms with Crippen molar-refractivity contribution in [3.63, 3.8) is 0 Å². The average molecular weight is 875 g/mol. The van der Waals surface area contributed by atoms with Crippen molar-refractivity contribution in [1.29, 1.82) is 21.0 Å². The van der Waals surface area contributed by atoms with E-state index in [1.165, 1.54) is 64.2 Å². The van der Waals surface area contributed by atoms with Gasteiger partial charge in [0.15, 0.2) is 0 Å². The zero-order chi connectivity index (χ0) is 47.0. The summed E-state index contributed by atoms with van der Waals surface area (Å²) in [5.74, 6) is 3.56. The molecule has 9 nitrogen and oxygen atoms in total. The van der Waals surface area contributed by atoms with Crippen LogP contribution in [0.25, 0.3) is 12.2 Å². The van der Waals surface area contributed by atoms with Crippen LogP contribution in [0.4, 0.5) is 11.4 Å². The van der Waals surface area contributed by atoms with Crippen molar-refractivity contribution in [2.75, 3.05) is 62.4 Å². The van der Waals surface area contributed by atoms with Gasteiger partial charge >= 0.3 is 0 Å². The zero-order valence-corrected chi connectivity index (χ0v) is 41.1. The monoisotopic (exact) mass is 875 g/mol. The lowest BCUT2D eigenvalue weighted by molar-refractivity contribution is 0.0763. The number of nitriles is 4. The molecule has 4 unspecified atom stereocenters. The molecule has 0 aliphatic carbocycles. The van der Waals surface area contributed by atoms with E-state index in [0.29, 0.717) is 59.5 Å². The lowest BCUT2D eigenvalue weighted by atomic mass is 9.95. The van der Waals surface area contributed by atoms with E-state index in [2.05, 4.69) is 89.5 Å². The third kappa shape index (κ3) is 20.3. The molecule has 4 atom stereocenters. The minimum atomic E-state index is 0.0175. The Morgan fingerprint density at radius 2 is 0.828 bits per heavy atom. The Hall–Kier alpha value is -4.96. The molecular formula is C55H82N6O3. The normalized spacial score (nSPS) is 12.6. The molecule has 64 heavy (non-hydrogen) atoms. The fraction of sp³-hybridized carbons (Fsp3) is 0.636. The Bertz CT molecular complexity index is 1800. The minimum Gasteiger partial charge on any atom is -0.490 e. The molecule has 0 aliphatic rings. The van der Waals surface area contributed by atoms with Crippen LogP contribution in [0.3, 0.4) is 0 Å². The summed E-state index contributed by atoms with van der Waals surface area (Å²) in [7, 11) is 0. The van der Waals surface area contributed by atoms with Gasteiger partial charge in [0, 0.05) is 60.8 Å². The molecule has 2 aromatic rings. The molecule has 0 saturated heterocycles. The SMILES string of the molecule is CCCCC(CC)CN(CC(CC)CCC)c1ccc(C=C(C#N)C#N)c(OCCOCCOc2cc(N(CC(CC)CCCC)CC(CC)CCCC)ccc2C=C(C#N)C#N)c1. The maximum atomic E-state index is 9.60. The van der Waals surface area contributed by atoms with Crippen molar-refractivity contribution >= 4 is 23.5 Å². The van der Waals surface area contributed by atoms with Crippen LogP contribution in [0.2, 0.25) is 0 Å². The van der Waals surface area contributed by atoms with Gasteiger partial charge in [-0.25, -0.2) is 0 Å². The molecule has 0 bridgehead atoms. The van der Waals surface area contributed by atoms with E-state index >= 15 is 0 Å². The van der Waals surface area contributed by atoms with Gasteiger partial charge in [-0.3, -0.25) is 0 Å². The summed E-state index contributed by atoms with van der Waals surface area (Å²) in [6.45, 7) is 23.2. The highest BCUT2D eigenvalue weighted by Crippen LogP contribution is 2.33. The Kier molecular flexibility index (Phi) is 28.9. The summed E-state index contributed by atoms with van der Waals surface area (Å²) < 4.78 is 18.8. The fourth-order valence-corrected chi connectivity index (χ4v) is 8.34. The number of ether oxygens (including phenoxy) is 3. The number of rotatable bonds is 35. The van der Waals surface area contributed by atoms with Crippen LogP contribution >= 0.6 is 0 Å². The van der Waals surface area contributed by atoms with E-state index < -0.39 is 0 Å². The fourth-order valence-electron chi connectivity index (χ4n) is 8.34. The second kappa shape index (κ2) is 33.5. The molecule has 0 heterocycles. The topological polar surface area (TPSA) is 129 Å². The molecular weight excluding hydrogens is 793 g/mol. The predicted octanol–water partition coefficient (Wildman–Crippen LogP) is 14.1. The van der Waals surface area contributed by atoms with Crippen LogP contribution in [0.15, 0.2) is 47.5 Å². The number of anilines is 2. The molecule has 350 valence electrons. The van der Waals surface area contributed by atoms with Crippen LogP contribution in [-0.2, 0) is 4.74 Å². The van der Waals surface area contributed by atoms with Crippen molar-refractivity contribution in [3.05, 3.63) is 58.7 Å². The van der Waals surface area contributed by atoms with Crippen LogP contribution in [0.1, 0.15) is 163 Å². The van der Waals surface area contributed by atoms with Crippen molar-refractivity contribution in [3.8, 4) is 35.8 Å². The number of hydrogen-bond acceptors (Lipinski definition) is 9. The van der Waals surface area contributed by atoms with E-state index in [9.17, 15) is 21.0 Å². The molecule has 0 fully saturated rings. The third-order valence-corrected chi connectivity index (χ3v) is 12.6. The van der Waals surface area contributed by atoms with Crippen LogP contribution < -0.4 is 19.3 Å². The van der Waals surface area contributed by atoms with Gasteiger partial charge in [-0.05, 0) is 85.8 Å². The molecule has 2 rings (SSSR count). The van der Waals surface area contributed by atoms with Gasteiger partial charge in [0.1, 0.15) is 60.1 Å². The Morgan fingerprint density at radius 1 is 0.484 bits per heavy atom. The smallest absolute Gasteiger partial charge is 0.130 e. The average Bonchev–Trinajstić information content (AvgIpc) is 3.32. The van der Waals surface area contributed by atoms with Crippen LogP contribution in [0.5, 0.6) is 11.5 Å². The van der Waals surface area contributed by atoms with Crippen molar-refractivity contribution in [1.82, 2.24) is 0 Å². The van der Waals surface area contributed by atoms with Gasteiger partial charge < -0.3 is 24.0 Å². The number of hydrogen-bond donors (Lipinski definition) is 0. The predicted molar refractivity (Wildman–Crippen MR) is 266 cm³/mol. The quantitative estimate of drug-likeness (QED) is 0.0491. The summed E-state index contributed by atoms with van der Waals surface area (Å²) in [5, 5.41) is 38.4. The first-order valence-electron chi connectivity index (χ1n) is 24.9. The van der Waals surface area contributed by atoms with Gasteiger partial charge in [-0.2, -0.15) is 21.0 Å². The lowest BCUT2D eigenvalue weighted by Crippen LogP contribution is -2.34. The summed E-state index contributed by atoms with van der Waals surface area (Å²) in [6, 6.07) is 20.2. The molecule has 0 spiro atoms. The molecule has 0 amide bonds. The van der Waals surface area contributed by atoms with Crippen molar-refractivity contribution in [2.24, 2.45) is 23.7 Å². The second-order valence-electron chi connectivity index (χ2n) is 17.4. The number of benzene rings is 2. The first-order chi connectivity index (χ1) is 31.2. The molecule has 0 N–H and O–H groups in total. The summed E-state index contributed by atoms with van der Waals surface area (Å²) in [4.78, 5) is 5.06. The van der Waals surface area contributed by atoms with Gasteiger partial charge in [0.25, 0.3) is 0 Å². The van der Waals surface area contributed by atoms with Gasteiger partial charge in [-0.1, -0.05) is 126 Å². The Morgan fingerprint density at radius 3 is 1.12 bits per heavy atom. The van der Waals surface area contributed by atoms with E-state index in [4.69, 9.17) is 14.2 Å². The summed E-state index contributed by atoms with van der Waals surface area (Å²) >= 11 is 0. The zero-order valence-electron chi connectivity index (χ0n) is 41.1. The van der Waals surface area contributed by atoms with E-state index in [-0.39, 0.29) is 24.4 Å². The minimum absolute atomic E-state index is 0.0175. The van der Waals surface area contributed by atoms with E-state index in [1.807, 2.05) is 36.4 Å². The largest absolute Gasteiger partial charge is 0.490 e. The number of allylic oxidation sites excluding steroid dienone is 2. The van der Waals surface area contributed by atoms with Gasteiger partial charge in [0.2, 0.25) is 0 Å². The van der Waals surface area contributed by atoms with E-state index in [0.717, 1.165) is 69.7 Å². The second-order valence-corrected chi connectivity index (χ2v) is 17.4. The molecule has 9 heteroatoms. The van der Waals surface area contributed by atoms with Gasteiger partial charge in [0.05, 0.1) is 13.2 Å². The maximum absolute atomic E-state index is 9.60. The maximum Gasteiger partial charge on any atom is 0.130 e. The molecule has 0 aliphatic heterocycles.